The maximum atomic E-state index is 11.9. The minimum Gasteiger partial charge on any atom is -0.497 e. The van der Waals surface area contributed by atoms with Crippen LogP contribution in [0.5, 0.6) is 5.75 Å². The van der Waals surface area contributed by atoms with Gasteiger partial charge in [0.25, 0.3) is 0 Å². The van der Waals surface area contributed by atoms with E-state index in [4.69, 9.17) is 4.74 Å². The first-order valence-corrected chi connectivity index (χ1v) is 7.52. The van der Waals surface area contributed by atoms with E-state index in [1.165, 1.54) is 0 Å². The molecular weight excluding hydrogens is 292 g/mol. The molecule has 0 saturated carbocycles. The Morgan fingerprint density at radius 3 is 2.91 bits per heavy atom. The van der Waals surface area contributed by atoms with Crippen molar-refractivity contribution in [3.05, 3.63) is 53.6 Å². The molecule has 1 heterocycles. The average Bonchev–Trinajstić information content (AvgIpc) is 2.53. The molecule has 2 amide bonds. The van der Waals surface area contributed by atoms with Crippen LogP contribution in [-0.4, -0.2) is 29.2 Å². The fourth-order valence-corrected chi connectivity index (χ4v) is 2.25. The highest BCUT2D eigenvalue weighted by Crippen LogP contribution is 2.13. The van der Waals surface area contributed by atoms with Crippen LogP contribution in [0.25, 0.3) is 0 Å². The van der Waals surface area contributed by atoms with Crippen LogP contribution < -0.4 is 15.4 Å². The predicted molar refractivity (Wildman–Crippen MR) is 88.3 cm³/mol. The van der Waals surface area contributed by atoms with Crippen molar-refractivity contribution >= 4 is 6.03 Å². The van der Waals surface area contributed by atoms with Gasteiger partial charge >= 0.3 is 6.03 Å². The summed E-state index contributed by atoms with van der Waals surface area (Å²) >= 11 is 0. The van der Waals surface area contributed by atoms with Gasteiger partial charge in [0.2, 0.25) is 0 Å². The molecular formula is C17H22N4O2. The van der Waals surface area contributed by atoms with Crippen molar-refractivity contribution in [1.82, 2.24) is 20.6 Å². The first-order chi connectivity index (χ1) is 11.1. The lowest BCUT2D eigenvalue weighted by Crippen LogP contribution is -2.41. The number of hydrogen-bond donors (Lipinski definition) is 2. The largest absolute Gasteiger partial charge is 0.497 e. The van der Waals surface area contributed by atoms with E-state index in [-0.39, 0.29) is 12.1 Å². The average molecular weight is 314 g/mol. The Labute approximate surface area is 136 Å². The number of hydrogen-bond acceptors (Lipinski definition) is 4. The lowest BCUT2D eigenvalue weighted by Gasteiger charge is -2.15. The molecule has 1 aromatic heterocycles. The van der Waals surface area contributed by atoms with Crippen LogP contribution in [0.4, 0.5) is 4.79 Å². The van der Waals surface area contributed by atoms with Gasteiger partial charge in [-0.15, -0.1) is 0 Å². The number of aromatic nitrogens is 2. The zero-order chi connectivity index (χ0) is 16.7. The summed E-state index contributed by atoms with van der Waals surface area (Å²) in [6.07, 6.45) is 2.42. The van der Waals surface area contributed by atoms with Gasteiger partial charge in [-0.2, -0.15) is 0 Å². The van der Waals surface area contributed by atoms with E-state index in [1.54, 1.807) is 19.4 Å². The van der Waals surface area contributed by atoms with E-state index in [0.29, 0.717) is 12.4 Å². The zero-order valence-electron chi connectivity index (χ0n) is 13.7. The molecule has 0 spiro atoms. The van der Waals surface area contributed by atoms with Gasteiger partial charge in [-0.1, -0.05) is 12.1 Å². The van der Waals surface area contributed by atoms with E-state index in [2.05, 4.69) is 20.6 Å². The van der Waals surface area contributed by atoms with Crippen LogP contribution in [-0.2, 0) is 13.0 Å². The molecule has 122 valence electrons. The summed E-state index contributed by atoms with van der Waals surface area (Å²) in [4.78, 5) is 20.2. The van der Waals surface area contributed by atoms with Crippen LogP contribution in [0.15, 0.2) is 36.5 Å². The Balaban J connectivity index is 1.80. The second-order valence-electron chi connectivity index (χ2n) is 5.38. The van der Waals surface area contributed by atoms with Gasteiger partial charge in [0, 0.05) is 12.2 Å². The fourth-order valence-electron chi connectivity index (χ4n) is 2.25. The van der Waals surface area contributed by atoms with Crippen molar-refractivity contribution in [2.45, 2.75) is 32.9 Å². The third kappa shape index (κ3) is 5.58. The SMILES string of the molecule is COc1cccc(C[C@@H](C)NC(=O)NCc2ccnc(C)n2)c1. The molecule has 0 radical (unpaired) electrons. The van der Waals surface area contributed by atoms with E-state index in [1.807, 2.05) is 38.1 Å². The molecule has 23 heavy (non-hydrogen) atoms. The van der Waals surface area contributed by atoms with Crippen LogP contribution in [0.1, 0.15) is 24.0 Å². The molecule has 1 atom stereocenters. The van der Waals surface area contributed by atoms with Gasteiger partial charge in [0.15, 0.2) is 0 Å². The van der Waals surface area contributed by atoms with Crippen molar-refractivity contribution in [3.63, 3.8) is 0 Å². The Hall–Kier alpha value is -2.63. The summed E-state index contributed by atoms with van der Waals surface area (Å²) in [5.41, 5.74) is 1.90. The second kappa shape index (κ2) is 8.12. The molecule has 6 nitrogen and oxygen atoms in total. The molecule has 0 aliphatic carbocycles. The Bertz CT molecular complexity index is 661. The third-order valence-corrected chi connectivity index (χ3v) is 3.32. The molecule has 0 aliphatic rings. The molecule has 0 aliphatic heterocycles. The van der Waals surface area contributed by atoms with Crippen molar-refractivity contribution in [1.29, 1.82) is 0 Å². The lowest BCUT2D eigenvalue weighted by molar-refractivity contribution is 0.237. The van der Waals surface area contributed by atoms with Crippen molar-refractivity contribution in [3.8, 4) is 5.75 Å². The molecule has 0 unspecified atom stereocenters. The predicted octanol–water partition coefficient (Wildman–Crippen LogP) is 2.22. The van der Waals surface area contributed by atoms with Gasteiger partial charge in [-0.25, -0.2) is 14.8 Å². The quantitative estimate of drug-likeness (QED) is 0.857. The summed E-state index contributed by atoms with van der Waals surface area (Å²) in [5.74, 6) is 1.51. The monoisotopic (exact) mass is 314 g/mol. The summed E-state index contributed by atoms with van der Waals surface area (Å²) in [6.45, 7) is 4.16. The molecule has 1 aromatic carbocycles. The Morgan fingerprint density at radius 1 is 1.35 bits per heavy atom. The van der Waals surface area contributed by atoms with Crippen LogP contribution in [0, 0.1) is 6.92 Å². The van der Waals surface area contributed by atoms with E-state index in [0.717, 1.165) is 23.4 Å². The maximum Gasteiger partial charge on any atom is 0.315 e. The molecule has 6 heteroatoms. The maximum absolute atomic E-state index is 11.9. The normalized spacial score (nSPS) is 11.6. The van der Waals surface area contributed by atoms with Gasteiger partial charge in [-0.3, -0.25) is 0 Å². The number of benzene rings is 1. The van der Waals surface area contributed by atoms with Gasteiger partial charge in [0.05, 0.1) is 19.3 Å². The fraction of sp³-hybridized carbons (Fsp3) is 0.353. The highest BCUT2D eigenvalue weighted by atomic mass is 16.5. The van der Waals surface area contributed by atoms with Crippen LogP contribution in [0.3, 0.4) is 0 Å². The summed E-state index contributed by atoms with van der Waals surface area (Å²) in [6, 6.07) is 9.41. The molecule has 2 rings (SSSR count). The number of rotatable bonds is 6. The number of urea groups is 1. The number of nitrogens with one attached hydrogen (secondary N) is 2. The zero-order valence-corrected chi connectivity index (χ0v) is 13.7. The van der Waals surface area contributed by atoms with E-state index < -0.39 is 0 Å². The van der Waals surface area contributed by atoms with Gasteiger partial charge in [0.1, 0.15) is 11.6 Å². The number of nitrogens with zero attached hydrogens (tertiary/aromatic N) is 2. The second-order valence-corrected chi connectivity index (χ2v) is 5.38. The first-order valence-electron chi connectivity index (χ1n) is 7.52. The number of carbonyl (C=O) groups excluding carboxylic acids is 1. The summed E-state index contributed by atoms with van der Waals surface area (Å²) in [5, 5.41) is 5.72. The topological polar surface area (TPSA) is 76.1 Å². The minimum absolute atomic E-state index is 0.00856. The number of carbonyl (C=O) groups is 1. The molecule has 0 saturated heterocycles. The van der Waals surface area contributed by atoms with Crippen molar-refractivity contribution in [2.75, 3.05) is 7.11 Å². The Kier molecular flexibility index (Phi) is 5.91. The first kappa shape index (κ1) is 16.7. The molecule has 2 N–H and O–H groups in total. The summed E-state index contributed by atoms with van der Waals surface area (Å²) in [7, 11) is 1.64. The minimum atomic E-state index is -0.211. The van der Waals surface area contributed by atoms with Crippen LogP contribution >= 0.6 is 0 Å². The lowest BCUT2D eigenvalue weighted by atomic mass is 10.1. The van der Waals surface area contributed by atoms with Crippen LogP contribution in [0.2, 0.25) is 0 Å². The third-order valence-electron chi connectivity index (χ3n) is 3.32. The van der Waals surface area contributed by atoms with Crippen molar-refractivity contribution in [2.24, 2.45) is 0 Å². The number of methoxy groups -OCH3 is 1. The Morgan fingerprint density at radius 2 is 2.17 bits per heavy atom. The molecule has 0 fully saturated rings. The van der Waals surface area contributed by atoms with Gasteiger partial charge in [-0.05, 0) is 44.0 Å². The molecule has 2 aromatic rings. The number of aryl methyl sites for hydroxylation is 1. The van der Waals surface area contributed by atoms with Gasteiger partial charge < -0.3 is 15.4 Å². The highest BCUT2D eigenvalue weighted by molar-refractivity contribution is 5.74. The highest BCUT2D eigenvalue weighted by Gasteiger charge is 2.08. The number of ether oxygens (including phenoxy) is 1. The smallest absolute Gasteiger partial charge is 0.315 e. The number of amides is 2. The summed E-state index contributed by atoms with van der Waals surface area (Å²) < 4.78 is 5.20. The van der Waals surface area contributed by atoms with Crippen molar-refractivity contribution < 1.29 is 9.53 Å². The molecule has 0 bridgehead atoms. The van der Waals surface area contributed by atoms with E-state index in [9.17, 15) is 4.79 Å². The van der Waals surface area contributed by atoms with E-state index >= 15 is 0 Å². The standard InChI is InChI=1S/C17H22N4O2/c1-12(9-14-5-4-6-16(10-14)23-3)20-17(22)19-11-15-7-8-18-13(2)21-15/h4-8,10,12H,9,11H2,1-3H3,(H2,19,20,22)/t12-/m1/s1.